The van der Waals surface area contributed by atoms with Crippen LogP contribution >= 0.6 is 11.3 Å². The molecule has 1 N–H and O–H groups in total. The van der Waals surface area contributed by atoms with Crippen molar-refractivity contribution in [2.75, 3.05) is 5.32 Å². The molecule has 1 aromatic heterocycles. The van der Waals surface area contributed by atoms with Gasteiger partial charge in [-0.3, -0.25) is 0 Å². The number of para-hydroxylation sites is 1. The van der Waals surface area contributed by atoms with Crippen molar-refractivity contribution < 1.29 is 17.2 Å². The minimum Gasteiger partial charge on any atom is -0.379 e. The first-order valence-electron chi connectivity index (χ1n) is 5.77. The number of nitriles is 1. The number of halogens is 2. The fraction of sp³-hybridized carbons (Fsp3) is 0.154. The van der Waals surface area contributed by atoms with Crippen LogP contribution in [0.15, 0.2) is 40.6 Å². The van der Waals surface area contributed by atoms with Gasteiger partial charge in [0, 0.05) is 16.8 Å². The van der Waals surface area contributed by atoms with Crippen LogP contribution in [0.3, 0.4) is 0 Å². The lowest BCUT2D eigenvalue weighted by molar-refractivity contribution is 0.235. The summed E-state index contributed by atoms with van der Waals surface area (Å²) in [6.07, 6.45) is 0. The van der Waals surface area contributed by atoms with Gasteiger partial charge >= 0.3 is 5.76 Å². The fourth-order valence-electron chi connectivity index (χ4n) is 1.67. The van der Waals surface area contributed by atoms with E-state index in [0.717, 1.165) is 10.9 Å². The monoisotopic (exact) mass is 328 g/mol. The van der Waals surface area contributed by atoms with Gasteiger partial charge in [0.25, 0.3) is 0 Å². The van der Waals surface area contributed by atoms with Crippen LogP contribution in [0.2, 0.25) is 0 Å². The standard InChI is InChI=1S/C13H10F2N2O2S2/c14-13(15)21(18,19)12-4-2-1-3-11(12)17-7-10-5-9(6-16)8-20-10/h1-5,8,13,17H,7H2. The van der Waals surface area contributed by atoms with Crippen molar-refractivity contribution in [1.29, 1.82) is 5.26 Å². The Morgan fingerprint density at radius 1 is 1.33 bits per heavy atom. The number of alkyl halides is 2. The molecule has 0 amide bonds. The Labute approximate surface area is 124 Å². The van der Waals surface area contributed by atoms with Crippen LogP contribution in [0.25, 0.3) is 0 Å². The van der Waals surface area contributed by atoms with E-state index in [1.807, 2.05) is 6.07 Å². The van der Waals surface area contributed by atoms with Gasteiger partial charge in [0.05, 0.1) is 16.1 Å². The van der Waals surface area contributed by atoms with E-state index in [-0.39, 0.29) is 12.2 Å². The van der Waals surface area contributed by atoms with Crippen molar-refractivity contribution in [2.45, 2.75) is 17.2 Å². The summed E-state index contributed by atoms with van der Waals surface area (Å²) in [5, 5.41) is 13.2. The van der Waals surface area contributed by atoms with Gasteiger partial charge in [0.2, 0.25) is 9.84 Å². The maximum absolute atomic E-state index is 12.6. The van der Waals surface area contributed by atoms with E-state index in [9.17, 15) is 17.2 Å². The number of rotatable bonds is 5. The van der Waals surface area contributed by atoms with E-state index in [1.165, 1.54) is 23.5 Å². The maximum atomic E-state index is 12.6. The van der Waals surface area contributed by atoms with Gasteiger partial charge in [-0.25, -0.2) is 8.42 Å². The zero-order valence-corrected chi connectivity index (χ0v) is 12.2. The molecule has 0 radical (unpaired) electrons. The number of anilines is 1. The SMILES string of the molecule is N#Cc1csc(CNc2ccccc2S(=O)(=O)C(F)F)c1. The van der Waals surface area contributed by atoms with Crippen LogP contribution < -0.4 is 5.32 Å². The van der Waals surface area contributed by atoms with E-state index in [4.69, 9.17) is 5.26 Å². The molecular weight excluding hydrogens is 318 g/mol. The zero-order valence-electron chi connectivity index (χ0n) is 10.6. The van der Waals surface area contributed by atoms with Crippen molar-refractivity contribution in [3.05, 3.63) is 46.2 Å². The number of hydrogen-bond donors (Lipinski definition) is 1. The van der Waals surface area contributed by atoms with E-state index in [0.29, 0.717) is 5.56 Å². The second kappa shape index (κ2) is 6.20. The lowest BCUT2D eigenvalue weighted by Gasteiger charge is -2.11. The van der Waals surface area contributed by atoms with Gasteiger partial charge in [-0.1, -0.05) is 12.1 Å². The Morgan fingerprint density at radius 3 is 2.67 bits per heavy atom. The van der Waals surface area contributed by atoms with Gasteiger partial charge in [-0.05, 0) is 18.2 Å². The molecule has 1 heterocycles. The molecule has 1 aromatic carbocycles. The Kier molecular flexibility index (Phi) is 4.55. The summed E-state index contributed by atoms with van der Waals surface area (Å²) in [5.41, 5.74) is 0.620. The Morgan fingerprint density at radius 2 is 2.05 bits per heavy atom. The maximum Gasteiger partial charge on any atom is 0.341 e. The normalized spacial score (nSPS) is 11.3. The quantitative estimate of drug-likeness (QED) is 0.915. The number of hydrogen-bond acceptors (Lipinski definition) is 5. The molecule has 0 spiro atoms. The highest BCUT2D eigenvalue weighted by Crippen LogP contribution is 2.27. The third-order valence-electron chi connectivity index (χ3n) is 2.66. The highest BCUT2D eigenvalue weighted by atomic mass is 32.2. The van der Waals surface area contributed by atoms with Gasteiger partial charge in [0.15, 0.2) is 0 Å². The molecule has 110 valence electrons. The molecule has 0 saturated heterocycles. The number of nitrogens with one attached hydrogen (secondary N) is 1. The van der Waals surface area contributed by atoms with Gasteiger partial charge < -0.3 is 5.32 Å². The predicted octanol–water partition coefficient (Wildman–Crippen LogP) is 3.23. The molecular formula is C13H10F2N2O2S2. The Bertz CT molecular complexity index is 779. The van der Waals surface area contributed by atoms with Gasteiger partial charge in [-0.2, -0.15) is 14.0 Å². The van der Waals surface area contributed by atoms with Crippen LogP contribution in [0.5, 0.6) is 0 Å². The van der Waals surface area contributed by atoms with Crippen LogP contribution in [-0.4, -0.2) is 14.2 Å². The summed E-state index contributed by atoms with van der Waals surface area (Å²) in [4.78, 5) is 0.368. The summed E-state index contributed by atoms with van der Waals surface area (Å²) in [6, 6.07) is 9.15. The molecule has 2 rings (SSSR count). The number of nitrogens with zero attached hydrogens (tertiary/aromatic N) is 1. The second-order valence-electron chi connectivity index (χ2n) is 4.07. The molecule has 0 aliphatic heterocycles. The van der Waals surface area contributed by atoms with E-state index in [1.54, 1.807) is 17.5 Å². The summed E-state index contributed by atoms with van der Waals surface area (Å²) in [5.74, 6) is -3.47. The minimum atomic E-state index is -4.66. The van der Waals surface area contributed by atoms with E-state index in [2.05, 4.69) is 5.32 Å². The second-order valence-corrected chi connectivity index (χ2v) is 6.95. The largest absolute Gasteiger partial charge is 0.379 e. The highest BCUT2D eigenvalue weighted by molar-refractivity contribution is 7.91. The summed E-state index contributed by atoms with van der Waals surface area (Å²) < 4.78 is 48.5. The lowest BCUT2D eigenvalue weighted by Crippen LogP contribution is -2.14. The molecule has 0 aliphatic rings. The molecule has 8 heteroatoms. The number of benzene rings is 1. The summed E-state index contributed by atoms with van der Waals surface area (Å²) in [6.45, 7) is 0.252. The predicted molar refractivity (Wildman–Crippen MR) is 76.0 cm³/mol. The van der Waals surface area contributed by atoms with Crippen molar-refractivity contribution in [3.63, 3.8) is 0 Å². The van der Waals surface area contributed by atoms with E-state index < -0.39 is 20.5 Å². The zero-order chi connectivity index (χ0) is 15.5. The first-order valence-corrected chi connectivity index (χ1v) is 8.20. The molecule has 0 fully saturated rings. The van der Waals surface area contributed by atoms with Crippen molar-refractivity contribution in [1.82, 2.24) is 0 Å². The topological polar surface area (TPSA) is 70.0 Å². The summed E-state index contributed by atoms with van der Waals surface area (Å²) >= 11 is 1.33. The minimum absolute atomic E-state index is 0.115. The van der Waals surface area contributed by atoms with E-state index >= 15 is 0 Å². The molecule has 0 aliphatic carbocycles. The smallest absolute Gasteiger partial charge is 0.341 e. The fourth-order valence-corrected chi connectivity index (χ4v) is 3.33. The van der Waals surface area contributed by atoms with Gasteiger partial charge in [0.1, 0.15) is 6.07 Å². The van der Waals surface area contributed by atoms with Crippen molar-refractivity contribution in [2.24, 2.45) is 0 Å². The third-order valence-corrected chi connectivity index (χ3v) is 5.04. The van der Waals surface area contributed by atoms with Crippen LogP contribution in [0.1, 0.15) is 10.4 Å². The molecule has 0 bridgehead atoms. The first kappa shape index (κ1) is 15.4. The van der Waals surface area contributed by atoms with Crippen molar-refractivity contribution >= 4 is 26.9 Å². The average Bonchev–Trinajstić information content (AvgIpc) is 2.93. The number of thiophene rings is 1. The Balaban J connectivity index is 2.24. The molecule has 0 saturated carbocycles. The third kappa shape index (κ3) is 3.37. The van der Waals surface area contributed by atoms with Gasteiger partial charge in [-0.15, -0.1) is 11.3 Å². The molecule has 21 heavy (non-hydrogen) atoms. The molecule has 4 nitrogen and oxygen atoms in total. The molecule has 0 unspecified atom stereocenters. The van der Waals surface area contributed by atoms with Crippen LogP contribution in [0.4, 0.5) is 14.5 Å². The van der Waals surface area contributed by atoms with Crippen molar-refractivity contribution in [3.8, 4) is 6.07 Å². The Hall–Kier alpha value is -1.98. The first-order chi connectivity index (χ1) is 9.95. The summed E-state index contributed by atoms with van der Waals surface area (Å²) in [7, 11) is -4.66. The highest BCUT2D eigenvalue weighted by Gasteiger charge is 2.28. The average molecular weight is 328 g/mol. The molecule has 0 atom stereocenters. The molecule has 2 aromatic rings. The van der Waals surface area contributed by atoms with Crippen LogP contribution in [0, 0.1) is 11.3 Å². The lowest BCUT2D eigenvalue weighted by atomic mass is 10.3. The van der Waals surface area contributed by atoms with Crippen LogP contribution in [-0.2, 0) is 16.4 Å². The number of sulfone groups is 1.